The zero-order valence-corrected chi connectivity index (χ0v) is 16.5. The Morgan fingerprint density at radius 1 is 1.22 bits per heavy atom. The highest BCUT2D eigenvalue weighted by Gasteiger charge is 2.43. The van der Waals surface area contributed by atoms with E-state index in [0.29, 0.717) is 23.8 Å². The van der Waals surface area contributed by atoms with Gasteiger partial charge < -0.3 is 9.80 Å². The number of likely N-dealkylation sites (tertiary alicyclic amines) is 2. The van der Waals surface area contributed by atoms with E-state index in [4.69, 9.17) is 0 Å². The number of piperidine rings is 2. The molecule has 1 aliphatic carbocycles. The second-order valence-electron chi connectivity index (χ2n) is 9.03. The number of amides is 2. The molecule has 1 spiro atoms. The van der Waals surface area contributed by atoms with Crippen LogP contribution in [0.1, 0.15) is 74.5 Å². The molecule has 27 heavy (non-hydrogen) atoms. The molecule has 3 heterocycles. The Bertz CT molecular complexity index is 713. The van der Waals surface area contributed by atoms with Gasteiger partial charge in [-0.1, -0.05) is 13.8 Å². The van der Waals surface area contributed by atoms with Gasteiger partial charge in [0.25, 0.3) is 5.91 Å². The van der Waals surface area contributed by atoms with Crippen LogP contribution >= 0.6 is 0 Å². The molecule has 1 aromatic rings. The van der Waals surface area contributed by atoms with Crippen molar-refractivity contribution >= 4 is 11.8 Å². The van der Waals surface area contributed by atoms with Crippen molar-refractivity contribution in [1.82, 2.24) is 19.8 Å². The number of carbonyl (C=O) groups is 2. The standard InChI is InChI=1S/C21H30N4O2/c1-15(2)19-22-10-17(11-23-19)20(27)24-9-3-7-21(13-24)8-6-18(26)25(14-21)12-16-4-5-16/h10-11,15-16H,3-9,12-14H2,1-2H3/t21-/m1/s1. The summed E-state index contributed by atoms with van der Waals surface area (Å²) in [5, 5.41) is 0. The molecule has 146 valence electrons. The van der Waals surface area contributed by atoms with Crippen LogP contribution in [0.4, 0.5) is 0 Å². The molecule has 0 N–H and O–H groups in total. The summed E-state index contributed by atoms with van der Waals surface area (Å²) < 4.78 is 0. The molecule has 4 rings (SSSR count). The number of nitrogens with zero attached hydrogens (tertiary/aromatic N) is 4. The van der Waals surface area contributed by atoms with Crippen molar-refractivity contribution in [3.8, 4) is 0 Å². The minimum atomic E-state index is 0.0232. The van der Waals surface area contributed by atoms with Crippen molar-refractivity contribution in [2.75, 3.05) is 26.2 Å². The molecule has 2 saturated heterocycles. The van der Waals surface area contributed by atoms with Crippen LogP contribution in [0.5, 0.6) is 0 Å². The van der Waals surface area contributed by atoms with Crippen molar-refractivity contribution < 1.29 is 9.59 Å². The first-order chi connectivity index (χ1) is 13.0. The molecule has 6 nitrogen and oxygen atoms in total. The summed E-state index contributed by atoms with van der Waals surface area (Å²) in [6, 6.07) is 0. The van der Waals surface area contributed by atoms with E-state index in [1.54, 1.807) is 12.4 Å². The van der Waals surface area contributed by atoms with Crippen LogP contribution in [0, 0.1) is 11.3 Å². The van der Waals surface area contributed by atoms with E-state index in [0.717, 1.165) is 51.3 Å². The number of rotatable bonds is 4. The lowest BCUT2D eigenvalue weighted by Gasteiger charge is -2.48. The summed E-state index contributed by atoms with van der Waals surface area (Å²) in [6.07, 6.45) is 9.48. The first-order valence-corrected chi connectivity index (χ1v) is 10.3. The minimum absolute atomic E-state index is 0.0232. The van der Waals surface area contributed by atoms with Gasteiger partial charge >= 0.3 is 0 Å². The lowest BCUT2D eigenvalue weighted by Crippen LogP contribution is -2.55. The van der Waals surface area contributed by atoms with Gasteiger partial charge in [-0.05, 0) is 38.0 Å². The van der Waals surface area contributed by atoms with E-state index in [1.165, 1.54) is 12.8 Å². The Morgan fingerprint density at radius 2 is 1.96 bits per heavy atom. The number of carbonyl (C=O) groups excluding carboxylic acids is 2. The van der Waals surface area contributed by atoms with E-state index < -0.39 is 0 Å². The molecule has 2 aliphatic heterocycles. The SMILES string of the molecule is CC(C)c1ncc(C(=O)N2CCC[C@@]3(CCC(=O)N(CC4CC4)C3)C2)cn1. The minimum Gasteiger partial charge on any atom is -0.342 e. The summed E-state index contributed by atoms with van der Waals surface area (Å²) >= 11 is 0. The number of aromatic nitrogens is 2. The van der Waals surface area contributed by atoms with Gasteiger partial charge in [-0.25, -0.2) is 9.97 Å². The predicted molar refractivity (Wildman–Crippen MR) is 102 cm³/mol. The van der Waals surface area contributed by atoms with Crippen LogP contribution in [0.2, 0.25) is 0 Å². The van der Waals surface area contributed by atoms with Gasteiger partial charge in [-0.15, -0.1) is 0 Å². The highest BCUT2D eigenvalue weighted by molar-refractivity contribution is 5.93. The van der Waals surface area contributed by atoms with Gasteiger partial charge in [0.05, 0.1) is 5.56 Å². The van der Waals surface area contributed by atoms with Crippen LogP contribution < -0.4 is 0 Å². The fraction of sp³-hybridized carbons (Fsp3) is 0.714. The highest BCUT2D eigenvalue weighted by Crippen LogP contribution is 2.41. The third kappa shape index (κ3) is 3.99. The van der Waals surface area contributed by atoms with E-state index in [-0.39, 0.29) is 17.2 Å². The zero-order valence-electron chi connectivity index (χ0n) is 16.5. The summed E-state index contributed by atoms with van der Waals surface area (Å²) in [5.74, 6) is 2.05. The molecule has 2 amide bonds. The first kappa shape index (κ1) is 18.4. The maximum Gasteiger partial charge on any atom is 0.257 e. The molecule has 0 aromatic carbocycles. The third-order valence-electron chi connectivity index (χ3n) is 6.31. The van der Waals surface area contributed by atoms with Crippen LogP contribution in [-0.2, 0) is 4.79 Å². The maximum absolute atomic E-state index is 13.0. The average molecular weight is 370 g/mol. The molecule has 1 saturated carbocycles. The maximum atomic E-state index is 13.0. The fourth-order valence-corrected chi connectivity index (χ4v) is 4.52. The van der Waals surface area contributed by atoms with Gasteiger partial charge in [0.15, 0.2) is 0 Å². The average Bonchev–Trinajstić information content (AvgIpc) is 3.49. The molecular formula is C21H30N4O2. The van der Waals surface area contributed by atoms with Crippen molar-refractivity contribution in [1.29, 1.82) is 0 Å². The van der Waals surface area contributed by atoms with Gasteiger partial charge in [-0.3, -0.25) is 9.59 Å². The molecule has 1 aromatic heterocycles. The molecule has 1 atom stereocenters. The molecule has 0 bridgehead atoms. The van der Waals surface area contributed by atoms with E-state index in [2.05, 4.69) is 14.9 Å². The van der Waals surface area contributed by atoms with Gasteiger partial charge in [-0.2, -0.15) is 0 Å². The lowest BCUT2D eigenvalue weighted by molar-refractivity contribution is -0.139. The van der Waals surface area contributed by atoms with Crippen molar-refractivity contribution in [2.24, 2.45) is 11.3 Å². The molecule has 3 aliphatic rings. The molecular weight excluding hydrogens is 340 g/mol. The van der Waals surface area contributed by atoms with Crippen LogP contribution in [-0.4, -0.2) is 57.8 Å². The van der Waals surface area contributed by atoms with Crippen LogP contribution in [0.25, 0.3) is 0 Å². The fourth-order valence-electron chi connectivity index (χ4n) is 4.52. The predicted octanol–water partition coefficient (Wildman–Crippen LogP) is 2.85. The Hall–Kier alpha value is -1.98. The number of hydrogen-bond acceptors (Lipinski definition) is 4. The van der Waals surface area contributed by atoms with Crippen LogP contribution in [0.3, 0.4) is 0 Å². The second kappa shape index (κ2) is 7.21. The lowest BCUT2D eigenvalue weighted by atomic mass is 9.73. The van der Waals surface area contributed by atoms with E-state index in [9.17, 15) is 9.59 Å². The van der Waals surface area contributed by atoms with E-state index >= 15 is 0 Å². The van der Waals surface area contributed by atoms with E-state index in [1.807, 2.05) is 18.7 Å². The van der Waals surface area contributed by atoms with Crippen molar-refractivity contribution in [2.45, 2.75) is 58.3 Å². The van der Waals surface area contributed by atoms with Gasteiger partial charge in [0.1, 0.15) is 5.82 Å². The highest BCUT2D eigenvalue weighted by atomic mass is 16.2. The Labute approximate surface area is 161 Å². The largest absolute Gasteiger partial charge is 0.342 e. The Balaban J connectivity index is 1.45. The molecule has 3 fully saturated rings. The zero-order chi connectivity index (χ0) is 19.0. The monoisotopic (exact) mass is 370 g/mol. The Kier molecular flexibility index (Phi) is 4.91. The normalized spacial score (nSPS) is 26.1. The van der Waals surface area contributed by atoms with Gasteiger partial charge in [0, 0.05) is 56.3 Å². The van der Waals surface area contributed by atoms with Gasteiger partial charge in [0.2, 0.25) is 5.91 Å². The topological polar surface area (TPSA) is 66.4 Å². The first-order valence-electron chi connectivity index (χ1n) is 10.3. The quantitative estimate of drug-likeness (QED) is 0.817. The molecule has 0 unspecified atom stereocenters. The summed E-state index contributed by atoms with van der Waals surface area (Å²) in [7, 11) is 0. The van der Waals surface area contributed by atoms with Crippen LogP contribution in [0.15, 0.2) is 12.4 Å². The smallest absolute Gasteiger partial charge is 0.257 e. The second-order valence-corrected chi connectivity index (χ2v) is 9.03. The molecule has 6 heteroatoms. The van der Waals surface area contributed by atoms with Crippen molar-refractivity contribution in [3.63, 3.8) is 0 Å². The molecule has 0 radical (unpaired) electrons. The summed E-state index contributed by atoms with van der Waals surface area (Å²) in [4.78, 5) is 38.1. The third-order valence-corrected chi connectivity index (χ3v) is 6.31. The summed E-state index contributed by atoms with van der Waals surface area (Å²) in [6.45, 7) is 7.34. The summed E-state index contributed by atoms with van der Waals surface area (Å²) in [5.41, 5.74) is 0.633. The Morgan fingerprint density at radius 3 is 2.63 bits per heavy atom. The number of hydrogen-bond donors (Lipinski definition) is 0. The van der Waals surface area contributed by atoms with Crippen molar-refractivity contribution in [3.05, 3.63) is 23.8 Å².